The summed E-state index contributed by atoms with van der Waals surface area (Å²) in [6, 6.07) is 26.6. The molecule has 4 atom stereocenters. The third-order valence-electron chi connectivity index (χ3n) is 8.24. The van der Waals surface area contributed by atoms with Gasteiger partial charge >= 0.3 is 11.9 Å². The second-order valence-corrected chi connectivity index (χ2v) is 12.6. The summed E-state index contributed by atoms with van der Waals surface area (Å²) >= 11 is 1.34. The molecule has 1 aromatic heterocycles. The molecule has 0 spiro atoms. The van der Waals surface area contributed by atoms with Crippen LogP contribution in [0.5, 0.6) is 0 Å². The van der Waals surface area contributed by atoms with Crippen molar-refractivity contribution in [3.8, 4) is 11.1 Å². The zero-order valence-corrected chi connectivity index (χ0v) is 27.3. The van der Waals surface area contributed by atoms with Gasteiger partial charge in [-0.15, -0.1) is 11.8 Å². The zero-order chi connectivity index (χ0) is 34.0. The van der Waals surface area contributed by atoms with Crippen LogP contribution in [0.25, 0.3) is 11.1 Å². The van der Waals surface area contributed by atoms with Crippen LogP contribution in [0.2, 0.25) is 0 Å². The third kappa shape index (κ3) is 9.07. The molecular weight excluding hydrogens is 632 g/mol. The Morgan fingerprint density at radius 2 is 1.60 bits per heavy atom. The Kier molecular flexibility index (Phi) is 12.0. The number of aromatic nitrogens is 1. The lowest BCUT2D eigenvalue weighted by Gasteiger charge is -2.41. The molecule has 0 radical (unpaired) electrons. The van der Waals surface area contributed by atoms with Crippen LogP contribution in [0.3, 0.4) is 0 Å². The quantitative estimate of drug-likeness (QED) is 0.111. The molecule has 3 aromatic carbocycles. The van der Waals surface area contributed by atoms with Crippen molar-refractivity contribution in [3.63, 3.8) is 0 Å². The number of hydrogen-bond donors (Lipinski definition) is 4. The summed E-state index contributed by atoms with van der Waals surface area (Å²) in [6.07, 6.45) is 0.706. The van der Waals surface area contributed by atoms with Crippen LogP contribution in [0.1, 0.15) is 71.2 Å². The molecule has 1 fully saturated rings. The summed E-state index contributed by atoms with van der Waals surface area (Å²) in [6.45, 7) is 2.34. The molecule has 0 saturated carbocycles. The topological polar surface area (TPSA) is 155 Å². The Balaban J connectivity index is 1.31. The fourth-order valence-corrected chi connectivity index (χ4v) is 6.67. The van der Waals surface area contributed by atoms with E-state index in [1.807, 2.05) is 72.8 Å². The number of hydrogen-bond acceptors (Lipinski definition) is 8. The Morgan fingerprint density at radius 1 is 0.854 bits per heavy atom. The van der Waals surface area contributed by atoms with Crippen molar-refractivity contribution in [1.82, 2.24) is 10.3 Å². The van der Waals surface area contributed by atoms with Gasteiger partial charge in [-0.3, -0.25) is 9.59 Å². The minimum absolute atomic E-state index is 0.0360. The van der Waals surface area contributed by atoms with Gasteiger partial charge in [0.05, 0.1) is 24.4 Å². The van der Waals surface area contributed by atoms with E-state index in [0.29, 0.717) is 23.7 Å². The average Bonchev–Trinajstić information content (AvgIpc) is 3.10. The SMILES string of the molecule is C[C@H]1[C@@H](CSc2ncccc2C(=O)O)O[C@@H](c2ccc(-c3cccc(CNC(=O)CCCC(=O)O)c3)cc2)O[C@H]1c1ccc(CO)cc1. The molecule has 2 heterocycles. The number of nitrogens with zero attached hydrogens (tertiary/aromatic N) is 1. The maximum Gasteiger partial charge on any atom is 0.338 e. The highest BCUT2D eigenvalue weighted by Crippen LogP contribution is 2.43. The van der Waals surface area contributed by atoms with Gasteiger partial charge in [0.2, 0.25) is 5.91 Å². The lowest BCUT2D eigenvalue weighted by molar-refractivity contribution is -0.268. The van der Waals surface area contributed by atoms with Crippen molar-refractivity contribution < 1.29 is 39.2 Å². The number of aliphatic hydroxyl groups excluding tert-OH is 1. The van der Waals surface area contributed by atoms with Crippen LogP contribution in [-0.2, 0) is 32.2 Å². The van der Waals surface area contributed by atoms with Gasteiger partial charge in [-0.05, 0) is 52.4 Å². The Bertz CT molecular complexity index is 1710. The summed E-state index contributed by atoms with van der Waals surface area (Å²) in [5, 5.41) is 31.2. The van der Waals surface area contributed by atoms with Gasteiger partial charge in [0.15, 0.2) is 6.29 Å². The number of amides is 1. The van der Waals surface area contributed by atoms with Crippen molar-refractivity contribution in [2.75, 3.05) is 5.75 Å². The molecule has 0 unspecified atom stereocenters. The van der Waals surface area contributed by atoms with Crippen molar-refractivity contribution in [2.45, 2.75) is 62.9 Å². The molecule has 48 heavy (non-hydrogen) atoms. The summed E-state index contributed by atoms with van der Waals surface area (Å²) < 4.78 is 13.1. The predicted molar refractivity (Wildman–Crippen MR) is 180 cm³/mol. The first-order valence-electron chi connectivity index (χ1n) is 15.7. The number of thioether (sulfide) groups is 1. The largest absolute Gasteiger partial charge is 0.481 e. The Labute approximate surface area is 283 Å². The molecule has 4 aromatic rings. The third-order valence-corrected chi connectivity index (χ3v) is 9.33. The number of pyridine rings is 1. The number of carboxylic acid groups (broad SMARTS) is 2. The standard InChI is InChI=1S/C37H38N2O8S/c1-23-31(22-48-35-30(36(44)45)7-4-18-38-35)46-37(47-34(23)27-12-10-24(21-40)11-13-27)28-16-14-26(15-17-28)29-6-2-5-25(19-29)20-39-32(41)8-3-9-33(42)43/h2,4-7,10-19,23,31,34,37,40H,3,8-9,20-22H2,1H3,(H,39,41)(H,42,43)(H,44,45)/t23-,31+,34+,37+/m0/s1. The first-order chi connectivity index (χ1) is 23.2. The number of benzene rings is 3. The highest BCUT2D eigenvalue weighted by atomic mass is 32.2. The lowest BCUT2D eigenvalue weighted by Crippen LogP contribution is -2.38. The van der Waals surface area contributed by atoms with E-state index in [2.05, 4.69) is 17.2 Å². The maximum atomic E-state index is 12.1. The number of aliphatic carboxylic acids is 1. The zero-order valence-electron chi connectivity index (χ0n) is 26.5. The number of aromatic carboxylic acids is 1. The van der Waals surface area contributed by atoms with Crippen LogP contribution in [0, 0.1) is 5.92 Å². The predicted octanol–water partition coefficient (Wildman–Crippen LogP) is 6.39. The molecule has 0 aliphatic carbocycles. The first kappa shape index (κ1) is 34.8. The van der Waals surface area contributed by atoms with Gasteiger partial charge in [-0.1, -0.05) is 73.7 Å². The molecule has 0 bridgehead atoms. The van der Waals surface area contributed by atoms with Crippen LogP contribution < -0.4 is 5.32 Å². The van der Waals surface area contributed by atoms with Crippen molar-refractivity contribution in [2.24, 2.45) is 5.92 Å². The van der Waals surface area contributed by atoms with Gasteiger partial charge in [0.1, 0.15) is 5.03 Å². The van der Waals surface area contributed by atoms with Gasteiger partial charge in [0, 0.05) is 42.8 Å². The first-order valence-corrected chi connectivity index (χ1v) is 16.7. The van der Waals surface area contributed by atoms with E-state index in [9.17, 15) is 24.6 Å². The lowest BCUT2D eigenvalue weighted by atomic mass is 9.91. The molecule has 5 rings (SSSR count). The highest BCUT2D eigenvalue weighted by molar-refractivity contribution is 7.99. The normalized spacial score (nSPS) is 19.0. The maximum absolute atomic E-state index is 12.1. The van der Waals surface area contributed by atoms with E-state index in [1.165, 1.54) is 11.8 Å². The molecule has 11 heteroatoms. The van der Waals surface area contributed by atoms with Gasteiger partial charge in [-0.2, -0.15) is 0 Å². The Morgan fingerprint density at radius 3 is 2.31 bits per heavy atom. The Hall–Kier alpha value is -4.55. The van der Waals surface area contributed by atoms with Gasteiger partial charge < -0.3 is 30.1 Å². The number of nitrogens with one attached hydrogen (secondary N) is 1. The second kappa shape index (κ2) is 16.5. The fraction of sp³-hybridized carbons (Fsp3) is 0.297. The highest BCUT2D eigenvalue weighted by Gasteiger charge is 2.38. The molecule has 4 N–H and O–H groups in total. The number of ether oxygens (including phenoxy) is 2. The summed E-state index contributed by atoms with van der Waals surface area (Å²) in [7, 11) is 0. The van der Waals surface area contributed by atoms with Crippen LogP contribution >= 0.6 is 11.8 Å². The van der Waals surface area contributed by atoms with Crippen molar-refractivity contribution in [1.29, 1.82) is 0 Å². The van der Waals surface area contributed by atoms with Gasteiger partial charge in [-0.25, -0.2) is 9.78 Å². The van der Waals surface area contributed by atoms with Gasteiger partial charge in [0.25, 0.3) is 0 Å². The summed E-state index contributed by atoms with van der Waals surface area (Å²) in [5.74, 6) is -1.75. The number of rotatable bonds is 14. The molecule has 1 saturated heterocycles. The molecule has 250 valence electrons. The minimum atomic E-state index is -1.03. The van der Waals surface area contributed by atoms with E-state index in [-0.39, 0.29) is 49.0 Å². The second-order valence-electron chi connectivity index (χ2n) is 11.6. The summed E-state index contributed by atoms with van der Waals surface area (Å²) in [4.78, 5) is 38.9. The number of carbonyl (C=O) groups excluding carboxylic acids is 1. The van der Waals surface area contributed by atoms with E-state index in [0.717, 1.165) is 33.4 Å². The number of carboxylic acids is 2. The van der Waals surface area contributed by atoms with E-state index in [1.54, 1.807) is 18.3 Å². The average molecular weight is 671 g/mol. The summed E-state index contributed by atoms with van der Waals surface area (Å²) in [5.41, 5.74) is 5.59. The fourth-order valence-electron chi connectivity index (χ4n) is 5.52. The minimum Gasteiger partial charge on any atom is -0.481 e. The van der Waals surface area contributed by atoms with Crippen LogP contribution in [0.15, 0.2) is 96.2 Å². The van der Waals surface area contributed by atoms with E-state index >= 15 is 0 Å². The molecule has 10 nitrogen and oxygen atoms in total. The van der Waals surface area contributed by atoms with Crippen LogP contribution in [-0.4, -0.2) is 50.0 Å². The van der Waals surface area contributed by atoms with E-state index in [4.69, 9.17) is 14.6 Å². The van der Waals surface area contributed by atoms with Crippen molar-refractivity contribution in [3.05, 3.63) is 119 Å². The molecule has 1 amide bonds. The molecule has 1 aliphatic rings. The van der Waals surface area contributed by atoms with Crippen molar-refractivity contribution >= 4 is 29.6 Å². The smallest absolute Gasteiger partial charge is 0.338 e. The molecular formula is C37H38N2O8S. The molecule has 1 aliphatic heterocycles. The number of aliphatic hydroxyl groups is 1. The van der Waals surface area contributed by atoms with Crippen LogP contribution in [0.4, 0.5) is 0 Å². The number of carbonyl (C=O) groups is 3. The monoisotopic (exact) mass is 670 g/mol. The van der Waals surface area contributed by atoms with E-state index < -0.39 is 18.2 Å².